The van der Waals surface area contributed by atoms with Crippen molar-refractivity contribution in [2.45, 2.75) is 39.5 Å². The number of methoxy groups -OCH3 is 3. The van der Waals surface area contributed by atoms with Crippen molar-refractivity contribution >= 4 is 38.3 Å². The molecular weight excluding hydrogens is 406 g/mol. The molecule has 0 aliphatic rings. The number of unbranched alkanes of at least 4 members (excludes halogenated alkanes) is 1. The molecule has 7 heteroatoms. The first-order chi connectivity index (χ1) is 14.6. The molecule has 0 bridgehead atoms. The van der Waals surface area contributed by atoms with E-state index in [1.54, 1.807) is 19.2 Å². The van der Waals surface area contributed by atoms with E-state index in [0.717, 1.165) is 24.1 Å². The Morgan fingerprint density at radius 1 is 0.935 bits per heavy atom. The Morgan fingerprint density at radius 2 is 1.55 bits per heavy atom. The fourth-order valence-electron chi connectivity index (χ4n) is 3.17. The molecule has 2 rings (SSSR count). The number of carbonyl (C=O) groups is 1. The third-order valence-corrected chi connectivity index (χ3v) is 6.18. The summed E-state index contributed by atoms with van der Waals surface area (Å²) in [6.07, 6.45) is 4.78. The van der Waals surface area contributed by atoms with Gasteiger partial charge in [0.25, 0.3) is 0 Å². The van der Waals surface area contributed by atoms with Crippen LogP contribution < -0.4 is 24.3 Å². The summed E-state index contributed by atoms with van der Waals surface area (Å²) in [5.74, 6) is 2.89. The second kappa shape index (κ2) is 14.4. The van der Waals surface area contributed by atoms with Gasteiger partial charge < -0.3 is 18.9 Å². The second-order valence-electron chi connectivity index (χ2n) is 7.11. The van der Waals surface area contributed by atoms with Crippen LogP contribution >= 0.6 is 8.58 Å². The molecule has 2 aromatic carbocycles. The summed E-state index contributed by atoms with van der Waals surface area (Å²) in [6.45, 7) is 5.16. The van der Waals surface area contributed by atoms with Gasteiger partial charge in [-0.15, -0.1) is 0 Å². The molecule has 2 aromatic rings. The molecule has 0 saturated heterocycles. The SMILES string of the molecule is CCCCC(CC)COc1ccc(PC(=O)c2c(OC)cc(OC)cc2OC)cc1.[LiH]. The van der Waals surface area contributed by atoms with Gasteiger partial charge in [-0.3, -0.25) is 4.79 Å². The van der Waals surface area contributed by atoms with Gasteiger partial charge in [-0.2, -0.15) is 0 Å². The Bertz CT molecular complexity index is 785. The Morgan fingerprint density at radius 3 is 2.03 bits per heavy atom. The van der Waals surface area contributed by atoms with Crippen molar-refractivity contribution in [3.8, 4) is 23.0 Å². The van der Waals surface area contributed by atoms with E-state index in [0.29, 0.717) is 28.7 Å². The fourth-order valence-corrected chi connectivity index (χ4v) is 4.14. The summed E-state index contributed by atoms with van der Waals surface area (Å²) in [5.41, 5.74) is 0.381. The van der Waals surface area contributed by atoms with Crippen LogP contribution in [0, 0.1) is 5.92 Å². The van der Waals surface area contributed by atoms with Crippen LogP contribution in [0.4, 0.5) is 0 Å². The average molecular weight is 440 g/mol. The fraction of sp³-hybridized carbons (Fsp3) is 0.458. The van der Waals surface area contributed by atoms with Crippen molar-refractivity contribution in [1.82, 2.24) is 0 Å². The van der Waals surface area contributed by atoms with Crippen LogP contribution in [0.15, 0.2) is 36.4 Å². The quantitative estimate of drug-likeness (QED) is 0.331. The number of rotatable bonds is 13. The van der Waals surface area contributed by atoms with Crippen molar-refractivity contribution in [1.29, 1.82) is 0 Å². The van der Waals surface area contributed by atoms with Crippen molar-refractivity contribution < 1.29 is 23.7 Å². The van der Waals surface area contributed by atoms with E-state index in [4.69, 9.17) is 18.9 Å². The van der Waals surface area contributed by atoms with E-state index in [9.17, 15) is 4.79 Å². The van der Waals surface area contributed by atoms with E-state index in [1.807, 2.05) is 24.3 Å². The first-order valence-electron chi connectivity index (χ1n) is 10.4. The molecule has 0 spiro atoms. The number of hydrogen-bond acceptors (Lipinski definition) is 5. The molecule has 2 atom stereocenters. The molecular formula is C24H34LiO5P. The zero-order valence-corrected chi connectivity index (χ0v) is 19.6. The van der Waals surface area contributed by atoms with Crippen molar-refractivity contribution in [2.75, 3.05) is 27.9 Å². The van der Waals surface area contributed by atoms with E-state index >= 15 is 0 Å². The van der Waals surface area contributed by atoms with Crippen LogP contribution in [0.25, 0.3) is 0 Å². The minimum atomic E-state index is -0.0503. The van der Waals surface area contributed by atoms with Gasteiger partial charge in [-0.05, 0) is 38.4 Å². The predicted octanol–water partition coefficient (Wildman–Crippen LogP) is 4.80. The summed E-state index contributed by atoms with van der Waals surface area (Å²) in [5, 5.41) is 0.935. The van der Waals surface area contributed by atoms with E-state index in [2.05, 4.69) is 13.8 Å². The van der Waals surface area contributed by atoms with Crippen LogP contribution in [0.5, 0.6) is 23.0 Å². The first-order valence-corrected chi connectivity index (χ1v) is 11.4. The van der Waals surface area contributed by atoms with Gasteiger partial charge in [0, 0.05) is 12.1 Å². The molecule has 5 nitrogen and oxygen atoms in total. The number of benzene rings is 2. The summed E-state index contributed by atoms with van der Waals surface area (Å²) in [7, 11) is 4.58. The van der Waals surface area contributed by atoms with E-state index in [-0.39, 0.29) is 33.0 Å². The van der Waals surface area contributed by atoms with Gasteiger partial charge in [-0.25, -0.2) is 0 Å². The molecule has 0 N–H and O–H groups in total. The molecule has 0 aliphatic heterocycles. The number of ether oxygens (including phenoxy) is 4. The molecule has 0 saturated carbocycles. The Labute approximate surface area is 200 Å². The first kappa shape index (κ1) is 27.4. The molecule has 166 valence electrons. The predicted molar refractivity (Wildman–Crippen MR) is 131 cm³/mol. The maximum absolute atomic E-state index is 13.0. The summed E-state index contributed by atoms with van der Waals surface area (Å²) < 4.78 is 22.0. The molecule has 2 unspecified atom stereocenters. The summed E-state index contributed by atoms with van der Waals surface area (Å²) in [6, 6.07) is 11.2. The number of carbonyl (C=O) groups excluding carboxylic acids is 1. The topological polar surface area (TPSA) is 54.0 Å². The van der Waals surface area contributed by atoms with Crippen LogP contribution in [-0.4, -0.2) is 52.3 Å². The van der Waals surface area contributed by atoms with Crippen molar-refractivity contribution in [3.05, 3.63) is 42.0 Å². The molecule has 0 aromatic heterocycles. The van der Waals surface area contributed by atoms with Gasteiger partial charge in [0.05, 0.1) is 27.9 Å². The van der Waals surface area contributed by atoms with Crippen molar-refractivity contribution in [2.24, 2.45) is 5.92 Å². The average Bonchev–Trinajstić information content (AvgIpc) is 2.79. The van der Waals surface area contributed by atoms with E-state index in [1.165, 1.54) is 33.5 Å². The maximum atomic E-state index is 13.0. The van der Waals surface area contributed by atoms with Crippen LogP contribution in [0.3, 0.4) is 0 Å². The molecule has 0 aliphatic carbocycles. The zero-order valence-electron chi connectivity index (χ0n) is 18.6. The minimum absolute atomic E-state index is 0. The van der Waals surface area contributed by atoms with Gasteiger partial charge in [-0.1, -0.05) is 45.2 Å². The van der Waals surface area contributed by atoms with E-state index < -0.39 is 0 Å². The summed E-state index contributed by atoms with van der Waals surface area (Å²) in [4.78, 5) is 13.0. The molecule has 0 fully saturated rings. The Kier molecular flexibility index (Phi) is 12.7. The molecule has 31 heavy (non-hydrogen) atoms. The van der Waals surface area contributed by atoms with Crippen LogP contribution in [-0.2, 0) is 0 Å². The summed E-state index contributed by atoms with van der Waals surface area (Å²) >= 11 is 0. The number of hydrogen-bond donors (Lipinski definition) is 0. The molecule has 0 radical (unpaired) electrons. The van der Waals surface area contributed by atoms with Crippen LogP contribution in [0.2, 0.25) is 0 Å². The molecule has 0 heterocycles. The van der Waals surface area contributed by atoms with Gasteiger partial charge >= 0.3 is 18.9 Å². The van der Waals surface area contributed by atoms with Crippen molar-refractivity contribution in [3.63, 3.8) is 0 Å². The normalized spacial score (nSPS) is 11.6. The van der Waals surface area contributed by atoms with Gasteiger partial charge in [0.2, 0.25) is 0 Å². The van der Waals surface area contributed by atoms with Crippen LogP contribution in [0.1, 0.15) is 49.9 Å². The van der Waals surface area contributed by atoms with Gasteiger partial charge in [0.1, 0.15) is 28.6 Å². The monoisotopic (exact) mass is 440 g/mol. The standard InChI is InChI=1S/C24H33O5P.Li.H/c1-6-8-9-17(7-2)16-29-18-10-12-20(13-11-18)30-24(25)23-21(27-4)14-19(26-3)15-22(23)28-5;;/h10-15,17,30H,6-9,16H2,1-5H3;;. The third-order valence-electron chi connectivity index (χ3n) is 5.08. The second-order valence-corrected chi connectivity index (χ2v) is 8.39. The Balaban J connectivity index is 0.00000480. The Hall–Kier alpha value is -1.66. The van der Waals surface area contributed by atoms with Gasteiger partial charge in [0.15, 0.2) is 5.52 Å². The third kappa shape index (κ3) is 8.08. The zero-order chi connectivity index (χ0) is 21.9. The molecule has 0 amide bonds.